The van der Waals surface area contributed by atoms with E-state index in [1.54, 1.807) is 0 Å². The molecule has 0 spiro atoms. The highest BCUT2D eigenvalue weighted by Crippen LogP contribution is 2.24. The third-order valence-electron chi connectivity index (χ3n) is 3.59. The monoisotopic (exact) mass is 266 g/mol. The van der Waals surface area contributed by atoms with Crippen molar-refractivity contribution in [2.45, 2.75) is 26.6 Å². The van der Waals surface area contributed by atoms with Gasteiger partial charge in [-0.25, -0.2) is 0 Å². The molecular weight excluding hydrogens is 248 g/mol. The van der Waals surface area contributed by atoms with Crippen molar-refractivity contribution in [2.75, 3.05) is 5.32 Å². The molecule has 3 heteroatoms. The van der Waals surface area contributed by atoms with E-state index in [0.29, 0.717) is 0 Å². The molecule has 0 aliphatic carbocycles. The van der Waals surface area contributed by atoms with E-state index in [1.807, 2.05) is 12.1 Å². The normalized spacial score (nSPS) is 14.1. The average molecular weight is 266 g/mol. The molecule has 0 atom stereocenters. The molecule has 0 fully saturated rings. The fourth-order valence-corrected chi connectivity index (χ4v) is 2.67. The van der Waals surface area contributed by atoms with Crippen molar-refractivity contribution < 1.29 is 4.79 Å². The molecular formula is C17H18N2O. The molecule has 2 aromatic rings. The van der Waals surface area contributed by atoms with Crippen LogP contribution >= 0.6 is 0 Å². The van der Waals surface area contributed by atoms with E-state index in [2.05, 4.69) is 46.6 Å². The van der Waals surface area contributed by atoms with Crippen molar-refractivity contribution in [3.63, 3.8) is 0 Å². The molecule has 3 nitrogen and oxygen atoms in total. The van der Waals surface area contributed by atoms with Gasteiger partial charge in [0.05, 0.1) is 0 Å². The van der Waals surface area contributed by atoms with Gasteiger partial charge in [-0.15, -0.1) is 0 Å². The number of hydrogen-bond donors (Lipinski definition) is 1. The van der Waals surface area contributed by atoms with Crippen LogP contribution in [0.5, 0.6) is 0 Å². The van der Waals surface area contributed by atoms with Crippen LogP contribution in [0.2, 0.25) is 0 Å². The number of hydrogen-bond acceptors (Lipinski definition) is 2. The smallest absolute Gasteiger partial charge is 0.221 e. The summed E-state index contributed by atoms with van der Waals surface area (Å²) in [6.45, 7) is 4.50. The lowest BCUT2D eigenvalue weighted by atomic mass is 10.1. The van der Waals surface area contributed by atoms with E-state index in [-0.39, 0.29) is 5.91 Å². The number of carbonyl (C=O) groups is 1. The van der Waals surface area contributed by atoms with Gasteiger partial charge < -0.3 is 5.32 Å². The minimum Gasteiger partial charge on any atom is -0.326 e. The van der Waals surface area contributed by atoms with Crippen LogP contribution in [0.4, 0.5) is 5.69 Å². The van der Waals surface area contributed by atoms with Crippen LogP contribution in [-0.2, 0) is 24.4 Å². The molecule has 0 unspecified atom stereocenters. The SMILES string of the molecule is CC(=O)Nc1ccc(CN2Cc3ccccc3C2)cc1. The zero-order valence-corrected chi connectivity index (χ0v) is 11.6. The summed E-state index contributed by atoms with van der Waals surface area (Å²) in [6.07, 6.45) is 0. The Bertz CT molecular complexity index is 594. The first-order valence-electron chi connectivity index (χ1n) is 6.86. The van der Waals surface area contributed by atoms with Gasteiger partial charge in [-0.2, -0.15) is 0 Å². The van der Waals surface area contributed by atoms with Gasteiger partial charge in [0.1, 0.15) is 0 Å². The number of nitrogens with one attached hydrogen (secondary N) is 1. The first kappa shape index (κ1) is 12.9. The lowest BCUT2D eigenvalue weighted by Gasteiger charge is -2.15. The molecule has 1 aliphatic rings. The standard InChI is InChI=1S/C17H18N2O/c1-13(20)18-17-8-6-14(7-9-17)10-19-11-15-4-2-3-5-16(15)12-19/h2-9H,10-12H2,1H3,(H,18,20). The number of carbonyl (C=O) groups excluding carboxylic acids is 1. The van der Waals surface area contributed by atoms with E-state index in [0.717, 1.165) is 25.3 Å². The summed E-state index contributed by atoms with van der Waals surface area (Å²) in [5, 5.41) is 2.79. The number of nitrogens with zero attached hydrogens (tertiary/aromatic N) is 1. The molecule has 1 aliphatic heterocycles. The molecule has 1 amide bonds. The Morgan fingerprint density at radius 1 is 1.05 bits per heavy atom. The molecule has 3 rings (SSSR count). The second kappa shape index (κ2) is 5.47. The lowest BCUT2D eigenvalue weighted by molar-refractivity contribution is -0.114. The quantitative estimate of drug-likeness (QED) is 0.925. The van der Waals surface area contributed by atoms with Crippen molar-refractivity contribution in [1.29, 1.82) is 0 Å². The Labute approximate surface area is 119 Å². The molecule has 0 saturated heterocycles. The highest BCUT2D eigenvalue weighted by Gasteiger charge is 2.17. The van der Waals surface area contributed by atoms with Crippen LogP contribution in [-0.4, -0.2) is 10.8 Å². The third-order valence-corrected chi connectivity index (χ3v) is 3.59. The van der Waals surface area contributed by atoms with Crippen molar-refractivity contribution in [3.8, 4) is 0 Å². The topological polar surface area (TPSA) is 32.3 Å². The minimum atomic E-state index is -0.0345. The molecule has 2 aromatic carbocycles. The second-order valence-corrected chi connectivity index (χ2v) is 5.29. The van der Waals surface area contributed by atoms with E-state index < -0.39 is 0 Å². The minimum absolute atomic E-state index is 0.0345. The highest BCUT2D eigenvalue weighted by atomic mass is 16.1. The third kappa shape index (κ3) is 2.89. The summed E-state index contributed by atoms with van der Waals surface area (Å²) < 4.78 is 0. The predicted molar refractivity (Wildman–Crippen MR) is 80.1 cm³/mol. The lowest BCUT2D eigenvalue weighted by Crippen LogP contribution is -2.15. The van der Waals surface area contributed by atoms with E-state index >= 15 is 0 Å². The summed E-state index contributed by atoms with van der Waals surface area (Å²) >= 11 is 0. The maximum absolute atomic E-state index is 11.0. The Morgan fingerprint density at radius 3 is 2.20 bits per heavy atom. The fourth-order valence-electron chi connectivity index (χ4n) is 2.67. The van der Waals surface area contributed by atoms with Gasteiger partial charge in [0.2, 0.25) is 5.91 Å². The van der Waals surface area contributed by atoms with Gasteiger partial charge >= 0.3 is 0 Å². The van der Waals surface area contributed by atoms with Gasteiger partial charge in [0, 0.05) is 32.2 Å². The van der Waals surface area contributed by atoms with E-state index in [1.165, 1.54) is 23.6 Å². The fraction of sp³-hybridized carbons (Fsp3) is 0.235. The maximum atomic E-state index is 11.0. The van der Waals surface area contributed by atoms with Crippen LogP contribution < -0.4 is 5.32 Å². The van der Waals surface area contributed by atoms with E-state index in [4.69, 9.17) is 0 Å². The number of anilines is 1. The Balaban J connectivity index is 1.63. The van der Waals surface area contributed by atoms with Gasteiger partial charge in [-0.3, -0.25) is 9.69 Å². The van der Waals surface area contributed by atoms with Gasteiger partial charge in [-0.1, -0.05) is 36.4 Å². The first-order valence-corrected chi connectivity index (χ1v) is 6.86. The van der Waals surface area contributed by atoms with Crippen molar-refractivity contribution in [2.24, 2.45) is 0 Å². The summed E-state index contributed by atoms with van der Waals surface area (Å²) in [5.74, 6) is -0.0345. The summed E-state index contributed by atoms with van der Waals surface area (Å²) in [5.41, 5.74) is 4.99. The first-order chi connectivity index (χ1) is 9.70. The molecule has 102 valence electrons. The van der Waals surface area contributed by atoms with Crippen LogP contribution in [0.3, 0.4) is 0 Å². The van der Waals surface area contributed by atoms with Crippen molar-refractivity contribution in [1.82, 2.24) is 4.90 Å². The number of amides is 1. The van der Waals surface area contributed by atoms with Crippen LogP contribution in [0.25, 0.3) is 0 Å². The molecule has 1 heterocycles. The molecule has 20 heavy (non-hydrogen) atoms. The van der Waals surface area contributed by atoms with Crippen LogP contribution in [0.1, 0.15) is 23.6 Å². The zero-order chi connectivity index (χ0) is 13.9. The van der Waals surface area contributed by atoms with Crippen LogP contribution in [0.15, 0.2) is 48.5 Å². The van der Waals surface area contributed by atoms with Gasteiger partial charge in [-0.05, 0) is 28.8 Å². The van der Waals surface area contributed by atoms with Crippen molar-refractivity contribution >= 4 is 11.6 Å². The average Bonchev–Trinajstić information content (AvgIpc) is 2.82. The molecule has 0 radical (unpaired) electrons. The summed E-state index contributed by atoms with van der Waals surface area (Å²) in [4.78, 5) is 13.4. The Morgan fingerprint density at radius 2 is 1.65 bits per heavy atom. The molecule has 1 N–H and O–H groups in total. The molecule has 0 saturated carbocycles. The van der Waals surface area contributed by atoms with Gasteiger partial charge in [0.15, 0.2) is 0 Å². The molecule has 0 bridgehead atoms. The number of rotatable bonds is 3. The molecule has 0 aromatic heterocycles. The number of benzene rings is 2. The van der Waals surface area contributed by atoms with Crippen molar-refractivity contribution in [3.05, 3.63) is 65.2 Å². The van der Waals surface area contributed by atoms with E-state index in [9.17, 15) is 4.79 Å². The maximum Gasteiger partial charge on any atom is 0.221 e. The largest absolute Gasteiger partial charge is 0.326 e. The zero-order valence-electron chi connectivity index (χ0n) is 11.6. The Hall–Kier alpha value is -2.13. The summed E-state index contributed by atoms with van der Waals surface area (Å²) in [7, 11) is 0. The summed E-state index contributed by atoms with van der Waals surface area (Å²) in [6, 6.07) is 16.7. The second-order valence-electron chi connectivity index (χ2n) is 5.29. The number of fused-ring (bicyclic) bond motifs is 1. The van der Waals surface area contributed by atoms with Gasteiger partial charge in [0.25, 0.3) is 0 Å². The van der Waals surface area contributed by atoms with Crippen LogP contribution in [0, 0.1) is 0 Å². The Kier molecular flexibility index (Phi) is 3.52. The highest BCUT2D eigenvalue weighted by molar-refractivity contribution is 5.88. The predicted octanol–water partition coefficient (Wildman–Crippen LogP) is 3.16.